The zero-order chi connectivity index (χ0) is 11.5. The fourth-order valence-corrected chi connectivity index (χ4v) is 2.55. The predicted molar refractivity (Wildman–Crippen MR) is 72.3 cm³/mol. The van der Waals surface area contributed by atoms with E-state index in [4.69, 9.17) is 4.43 Å². The molecule has 0 aromatic rings. The summed E-state index contributed by atoms with van der Waals surface area (Å²) in [5.41, 5.74) is 0. The van der Waals surface area contributed by atoms with Gasteiger partial charge in [-0.15, -0.1) is 0 Å². The van der Waals surface area contributed by atoms with Crippen LogP contribution in [0, 0.1) is 5.92 Å². The lowest BCUT2D eigenvalue weighted by molar-refractivity contribution is 0.163. The summed E-state index contributed by atoms with van der Waals surface area (Å²) in [6, 6.07) is 0. The first-order chi connectivity index (χ1) is 7.28. The van der Waals surface area contributed by atoms with Crippen LogP contribution in [-0.4, -0.2) is 16.6 Å². The summed E-state index contributed by atoms with van der Waals surface area (Å²) >= 11 is 0. The summed E-state index contributed by atoms with van der Waals surface area (Å²) in [5, 5.41) is 0. The first-order valence-electron chi connectivity index (χ1n) is 6.81. The minimum absolute atomic E-state index is 0.568. The topological polar surface area (TPSA) is 9.23 Å². The second kappa shape index (κ2) is 10.7. The van der Waals surface area contributed by atoms with Gasteiger partial charge in [-0.05, 0) is 18.8 Å². The molecule has 2 unspecified atom stereocenters. The summed E-state index contributed by atoms with van der Waals surface area (Å²) in [7, 11) is 0.902. The average Bonchev–Trinajstić information content (AvgIpc) is 2.28. The zero-order valence-electron chi connectivity index (χ0n) is 11.2. The van der Waals surface area contributed by atoms with Crippen LogP contribution >= 0.6 is 0 Å². The van der Waals surface area contributed by atoms with Crippen LogP contribution in [0.15, 0.2) is 0 Å². The highest BCUT2D eigenvalue weighted by Gasteiger charge is 2.13. The normalized spacial score (nSPS) is 15.4. The Labute approximate surface area is 99.5 Å². The van der Waals surface area contributed by atoms with Gasteiger partial charge in [0.2, 0.25) is 0 Å². The van der Waals surface area contributed by atoms with Crippen LogP contribution in [0.1, 0.15) is 72.1 Å². The molecule has 0 saturated carbocycles. The van der Waals surface area contributed by atoms with Crippen molar-refractivity contribution in [1.29, 1.82) is 0 Å². The van der Waals surface area contributed by atoms with Crippen molar-refractivity contribution in [3.05, 3.63) is 0 Å². The van der Waals surface area contributed by atoms with E-state index in [-0.39, 0.29) is 0 Å². The standard InChI is InChI=1S/C13H30OSi/c1-4-7-9-12(6-3)11-13(14-15)10-8-5-2/h12-13H,4-11H2,1-3,15H3. The number of hydrogen-bond acceptors (Lipinski definition) is 1. The van der Waals surface area contributed by atoms with Gasteiger partial charge in [-0.25, -0.2) is 0 Å². The van der Waals surface area contributed by atoms with Crippen LogP contribution in [0.3, 0.4) is 0 Å². The Morgan fingerprint density at radius 2 is 1.60 bits per heavy atom. The Morgan fingerprint density at radius 3 is 2.07 bits per heavy atom. The van der Waals surface area contributed by atoms with Gasteiger partial charge in [0.1, 0.15) is 10.5 Å². The summed E-state index contributed by atoms with van der Waals surface area (Å²) in [6.45, 7) is 6.87. The smallest absolute Gasteiger partial charge is 0.146 e. The Balaban J connectivity index is 3.77. The molecule has 0 amide bonds. The van der Waals surface area contributed by atoms with Gasteiger partial charge in [-0.2, -0.15) is 0 Å². The number of hydrogen-bond donors (Lipinski definition) is 0. The molecule has 0 rings (SSSR count). The maximum Gasteiger partial charge on any atom is 0.146 e. The fraction of sp³-hybridized carbons (Fsp3) is 1.00. The molecule has 0 heterocycles. The van der Waals surface area contributed by atoms with Gasteiger partial charge in [0.05, 0.1) is 0 Å². The average molecular weight is 230 g/mol. The third-order valence-corrected chi connectivity index (χ3v) is 4.02. The van der Waals surface area contributed by atoms with E-state index >= 15 is 0 Å². The van der Waals surface area contributed by atoms with Gasteiger partial charge < -0.3 is 4.43 Å². The Bertz CT molecular complexity index is 114. The van der Waals surface area contributed by atoms with Crippen LogP contribution in [-0.2, 0) is 4.43 Å². The van der Waals surface area contributed by atoms with Gasteiger partial charge in [-0.3, -0.25) is 0 Å². The van der Waals surface area contributed by atoms with Crippen LogP contribution < -0.4 is 0 Å². The van der Waals surface area contributed by atoms with E-state index in [1.165, 1.54) is 51.4 Å². The molecule has 1 nitrogen and oxygen atoms in total. The van der Waals surface area contributed by atoms with E-state index in [2.05, 4.69) is 20.8 Å². The highest BCUT2D eigenvalue weighted by Crippen LogP contribution is 2.22. The molecule has 92 valence electrons. The maximum atomic E-state index is 5.70. The molecule has 0 spiro atoms. The van der Waals surface area contributed by atoms with E-state index in [0.29, 0.717) is 6.10 Å². The predicted octanol–water partition coefficient (Wildman–Crippen LogP) is 3.45. The first-order valence-corrected chi connectivity index (χ1v) is 7.62. The summed E-state index contributed by atoms with van der Waals surface area (Å²) in [6.07, 6.45) is 11.2. The fourth-order valence-electron chi connectivity index (χ4n) is 2.12. The molecule has 15 heavy (non-hydrogen) atoms. The second-order valence-electron chi connectivity index (χ2n) is 4.65. The highest BCUT2D eigenvalue weighted by atomic mass is 28.2. The van der Waals surface area contributed by atoms with Crippen molar-refractivity contribution in [2.45, 2.75) is 78.2 Å². The lowest BCUT2D eigenvalue weighted by Gasteiger charge is -2.22. The molecule has 0 fully saturated rings. The van der Waals surface area contributed by atoms with Crippen LogP contribution in [0.5, 0.6) is 0 Å². The Hall–Kier alpha value is 0.177. The maximum absolute atomic E-state index is 5.70. The number of unbranched alkanes of at least 4 members (excludes halogenated alkanes) is 2. The van der Waals surface area contributed by atoms with E-state index in [0.717, 1.165) is 16.4 Å². The van der Waals surface area contributed by atoms with E-state index in [1.807, 2.05) is 0 Å². The summed E-state index contributed by atoms with van der Waals surface area (Å²) in [4.78, 5) is 0. The van der Waals surface area contributed by atoms with E-state index in [1.54, 1.807) is 0 Å². The molecule has 0 aromatic heterocycles. The summed E-state index contributed by atoms with van der Waals surface area (Å²) < 4.78 is 5.70. The lowest BCUT2D eigenvalue weighted by Crippen LogP contribution is -2.16. The van der Waals surface area contributed by atoms with Crippen molar-refractivity contribution in [2.75, 3.05) is 0 Å². The molecule has 0 radical (unpaired) electrons. The van der Waals surface area contributed by atoms with Gasteiger partial charge >= 0.3 is 0 Å². The van der Waals surface area contributed by atoms with Gasteiger partial charge in [0.25, 0.3) is 0 Å². The van der Waals surface area contributed by atoms with Crippen LogP contribution in [0.2, 0.25) is 0 Å². The SMILES string of the molecule is CCCCC(CC)CC(CCCC)O[SiH3]. The van der Waals surface area contributed by atoms with Crippen LogP contribution in [0.4, 0.5) is 0 Å². The molecule has 0 aliphatic carbocycles. The lowest BCUT2D eigenvalue weighted by atomic mass is 9.91. The third-order valence-electron chi connectivity index (χ3n) is 3.35. The third kappa shape index (κ3) is 8.03. The van der Waals surface area contributed by atoms with Gasteiger partial charge in [-0.1, -0.05) is 59.3 Å². The van der Waals surface area contributed by atoms with Crippen molar-refractivity contribution in [2.24, 2.45) is 5.92 Å². The van der Waals surface area contributed by atoms with Crippen LogP contribution in [0.25, 0.3) is 0 Å². The minimum atomic E-state index is 0.568. The van der Waals surface area contributed by atoms with Crippen molar-refractivity contribution >= 4 is 10.5 Å². The monoisotopic (exact) mass is 230 g/mol. The molecular formula is C13H30OSi. The van der Waals surface area contributed by atoms with Crippen molar-refractivity contribution in [3.63, 3.8) is 0 Å². The zero-order valence-corrected chi connectivity index (χ0v) is 13.2. The first kappa shape index (κ1) is 15.2. The molecule has 2 heteroatoms. The molecule has 2 atom stereocenters. The number of rotatable bonds is 10. The second-order valence-corrected chi connectivity index (χ2v) is 5.12. The van der Waals surface area contributed by atoms with Gasteiger partial charge in [0, 0.05) is 6.10 Å². The summed E-state index contributed by atoms with van der Waals surface area (Å²) in [5.74, 6) is 0.903. The van der Waals surface area contributed by atoms with E-state index in [9.17, 15) is 0 Å². The molecule has 0 bridgehead atoms. The van der Waals surface area contributed by atoms with E-state index < -0.39 is 0 Å². The highest BCUT2D eigenvalue weighted by molar-refractivity contribution is 5.98. The minimum Gasteiger partial charge on any atom is -0.425 e. The molecule has 0 saturated heterocycles. The van der Waals surface area contributed by atoms with Crippen molar-refractivity contribution < 1.29 is 4.43 Å². The van der Waals surface area contributed by atoms with Gasteiger partial charge in [0.15, 0.2) is 0 Å². The Morgan fingerprint density at radius 1 is 1.00 bits per heavy atom. The van der Waals surface area contributed by atoms with Crippen molar-refractivity contribution in [3.8, 4) is 0 Å². The Kier molecular flexibility index (Phi) is 10.8. The molecule has 0 aliphatic heterocycles. The molecule has 0 aromatic carbocycles. The molecule has 0 aliphatic rings. The molecular weight excluding hydrogens is 200 g/mol. The molecule has 0 N–H and O–H groups in total. The quantitative estimate of drug-likeness (QED) is 0.522. The largest absolute Gasteiger partial charge is 0.425 e. The van der Waals surface area contributed by atoms with Crippen molar-refractivity contribution in [1.82, 2.24) is 0 Å².